The number of nitrogens with zero attached hydrogens (tertiary/aromatic N) is 1. The molecule has 2 amide bonds. The van der Waals surface area contributed by atoms with Crippen LogP contribution in [0.25, 0.3) is 16.7 Å². The number of amides is 2. The third-order valence-corrected chi connectivity index (χ3v) is 6.47. The van der Waals surface area contributed by atoms with Crippen LogP contribution in [0.4, 0.5) is 5.13 Å². The van der Waals surface area contributed by atoms with E-state index in [1.54, 1.807) is 11.3 Å². The van der Waals surface area contributed by atoms with Crippen molar-refractivity contribution in [3.63, 3.8) is 0 Å². The molecule has 5 nitrogen and oxygen atoms in total. The van der Waals surface area contributed by atoms with Crippen LogP contribution in [0.3, 0.4) is 0 Å². The van der Waals surface area contributed by atoms with Gasteiger partial charge >= 0.3 is 0 Å². The molecule has 1 heterocycles. The second-order valence-corrected chi connectivity index (χ2v) is 8.62. The minimum absolute atomic E-state index is 0.0853. The van der Waals surface area contributed by atoms with Crippen molar-refractivity contribution in [1.29, 1.82) is 0 Å². The number of nitrogens with two attached hydrogens (primary N) is 1. The van der Waals surface area contributed by atoms with E-state index in [-0.39, 0.29) is 17.4 Å². The third kappa shape index (κ3) is 4.19. The zero-order chi connectivity index (χ0) is 21.3. The van der Waals surface area contributed by atoms with Crippen LogP contribution in [0.15, 0.2) is 61.3 Å². The molecule has 1 atom stereocenters. The number of thiazole rings is 1. The van der Waals surface area contributed by atoms with E-state index >= 15 is 0 Å². The molecule has 1 unspecified atom stereocenters. The minimum atomic E-state index is -0.541. The molecule has 0 saturated heterocycles. The lowest BCUT2D eigenvalue weighted by Gasteiger charge is -2.16. The highest BCUT2D eigenvalue weighted by Gasteiger charge is 2.26. The summed E-state index contributed by atoms with van der Waals surface area (Å²) >= 11 is 1.56. The fourth-order valence-electron chi connectivity index (χ4n) is 3.39. The SMILES string of the molecule is C=C(C(N)=O)c1ccc(-c2ccccc2C(C)C(=O)Nc2ncc(C3CC3)s2)cc1. The fourth-order valence-corrected chi connectivity index (χ4v) is 4.37. The van der Waals surface area contributed by atoms with E-state index in [1.165, 1.54) is 17.7 Å². The van der Waals surface area contributed by atoms with Crippen LogP contribution in [0.2, 0.25) is 0 Å². The molecule has 152 valence electrons. The average Bonchev–Trinajstić information content (AvgIpc) is 3.51. The molecule has 1 aliphatic carbocycles. The lowest BCUT2D eigenvalue weighted by molar-refractivity contribution is -0.117. The van der Waals surface area contributed by atoms with Crippen LogP contribution in [0, 0.1) is 0 Å². The van der Waals surface area contributed by atoms with Gasteiger partial charge in [0.2, 0.25) is 11.8 Å². The number of carbonyl (C=O) groups excluding carboxylic acids is 2. The second kappa shape index (κ2) is 8.24. The van der Waals surface area contributed by atoms with Gasteiger partial charge in [0.1, 0.15) is 0 Å². The van der Waals surface area contributed by atoms with Gasteiger partial charge in [0.25, 0.3) is 0 Å². The number of rotatable bonds is 7. The Morgan fingerprint density at radius 3 is 2.53 bits per heavy atom. The highest BCUT2D eigenvalue weighted by Crippen LogP contribution is 2.43. The molecule has 0 aliphatic heterocycles. The Hall–Kier alpha value is -3.25. The minimum Gasteiger partial charge on any atom is -0.366 e. The van der Waals surface area contributed by atoms with E-state index in [2.05, 4.69) is 16.9 Å². The first kappa shape index (κ1) is 20.0. The molecule has 0 bridgehead atoms. The lowest BCUT2D eigenvalue weighted by Crippen LogP contribution is -2.19. The summed E-state index contributed by atoms with van der Waals surface area (Å²) in [5.74, 6) is -0.354. The van der Waals surface area contributed by atoms with Gasteiger partial charge in [0, 0.05) is 16.6 Å². The fraction of sp³-hybridized carbons (Fsp3) is 0.208. The van der Waals surface area contributed by atoms with Crippen LogP contribution < -0.4 is 11.1 Å². The van der Waals surface area contributed by atoms with Crippen LogP contribution in [0.1, 0.15) is 47.6 Å². The maximum absolute atomic E-state index is 12.9. The van der Waals surface area contributed by atoms with Gasteiger partial charge in [-0.05, 0) is 47.9 Å². The topological polar surface area (TPSA) is 85.1 Å². The standard InChI is InChI=1S/C24H23N3O2S/c1-14(22(25)28)16-7-9-17(10-8-16)20-6-4-3-5-19(20)15(2)23(29)27-24-26-13-21(30-24)18-11-12-18/h3-10,13,15,18H,1,11-12H2,2H3,(H2,25,28)(H,26,27,29). The smallest absolute Gasteiger partial charge is 0.248 e. The van der Waals surface area contributed by atoms with Gasteiger partial charge in [-0.2, -0.15) is 0 Å². The highest BCUT2D eigenvalue weighted by molar-refractivity contribution is 7.15. The summed E-state index contributed by atoms with van der Waals surface area (Å²) in [4.78, 5) is 29.8. The third-order valence-electron chi connectivity index (χ3n) is 5.40. The quantitative estimate of drug-likeness (QED) is 0.535. The van der Waals surface area contributed by atoms with Crippen molar-refractivity contribution in [2.24, 2.45) is 5.73 Å². The van der Waals surface area contributed by atoms with Gasteiger partial charge in [-0.1, -0.05) is 55.1 Å². The van der Waals surface area contributed by atoms with Gasteiger partial charge in [-0.3, -0.25) is 9.59 Å². The molecule has 0 spiro atoms. The van der Waals surface area contributed by atoms with Gasteiger partial charge in [-0.15, -0.1) is 11.3 Å². The number of nitrogens with one attached hydrogen (secondary N) is 1. The molecular formula is C24H23N3O2S. The van der Waals surface area contributed by atoms with Crippen LogP contribution >= 0.6 is 11.3 Å². The van der Waals surface area contributed by atoms with Crippen molar-refractivity contribution in [2.75, 3.05) is 5.32 Å². The van der Waals surface area contributed by atoms with E-state index in [1.807, 2.05) is 61.7 Å². The van der Waals surface area contributed by atoms with Gasteiger partial charge in [0.15, 0.2) is 5.13 Å². The van der Waals surface area contributed by atoms with E-state index in [0.717, 1.165) is 16.7 Å². The van der Waals surface area contributed by atoms with Crippen LogP contribution in [0.5, 0.6) is 0 Å². The lowest BCUT2D eigenvalue weighted by atomic mass is 9.90. The van der Waals surface area contributed by atoms with Crippen LogP contribution in [-0.2, 0) is 9.59 Å². The van der Waals surface area contributed by atoms with Crippen molar-refractivity contribution in [3.05, 3.63) is 77.3 Å². The predicted molar refractivity (Wildman–Crippen MR) is 121 cm³/mol. The number of hydrogen-bond acceptors (Lipinski definition) is 4. The molecule has 1 saturated carbocycles. The Morgan fingerprint density at radius 1 is 1.17 bits per heavy atom. The zero-order valence-electron chi connectivity index (χ0n) is 16.7. The Morgan fingerprint density at radius 2 is 1.87 bits per heavy atom. The maximum atomic E-state index is 12.9. The normalized spacial score (nSPS) is 14.2. The molecule has 6 heteroatoms. The molecule has 1 aromatic heterocycles. The number of benzene rings is 2. The van der Waals surface area contributed by atoms with Gasteiger partial charge in [-0.25, -0.2) is 4.98 Å². The maximum Gasteiger partial charge on any atom is 0.248 e. The van der Waals surface area contributed by atoms with E-state index in [9.17, 15) is 9.59 Å². The second-order valence-electron chi connectivity index (χ2n) is 7.56. The summed E-state index contributed by atoms with van der Waals surface area (Å²) in [6.45, 7) is 5.62. The Balaban J connectivity index is 1.55. The molecular weight excluding hydrogens is 394 g/mol. The largest absolute Gasteiger partial charge is 0.366 e. The Bertz CT molecular complexity index is 1110. The van der Waals surface area contributed by atoms with Gasteiger partial charge < -0.3 is 11.1 Å². The van der Waals surface area contributed by atoms with Crippen LogP contribution in [-0.4, -0.2) is 16.8 Å². The molecule has 3 aromatic rings. The molecule has 4 rings (SSSR count). The average molecular weight is 418 g/mol. The molecule has 2 aromatic carbocycles. The summed E-state index contributed by atoms with van der Waals surface area (Å²) in [5, 5.41) is 3.62. The van der Waals surface area contributed by atoms with Crippen molar-refractivity contribution in [2.45, 2.75) is 31.6 Å². The molecule has 1 aliphatic rings. The number of anilines is 1. The zero-order valence-corrected chi connectivity index (χ0v) is 17.5. The number of hydrogen-bond donors (Lipinski definition) is 2. The monoisotopic (exact) mass is 417 g/mol. The molecule has 30 heavy (non-hydrogen) atoms. The van der Waals surface area contributed by atoms with E-state index < -0.39 is 5.91 Å². The first-order chi connectivity index (χ1) is 14.4. The van der Waals surface area contributed by atoms with E-state index in [0.29, 0.717) is 16.6 Å². The highest BCUT2D eigenvalue weighted by atomic mass is 32.1. The number of aromatic nitrogens is 1. The van der Waals surface area contributed by atoms with E-state index in [4.69, 9.17) is 5.73 Å². The van der Waals surface area contributed by atoms with Crippen molar-refractivity contribution in [3.8, 4) is 11.1 Å². The first-order valence-electron chi connectivity index (χ1n) is 9.89. The summed E-state index contributed by atoms with van der Waals surface area (Å²) in [6.07, 6.45) is 4.30. The molecule has 3 N–H and O–H groups in total. The first-order valence-corrected chi connectivity index (χ1v) is 10.7. The summed E-state index contributed by atoms with van der Waals surface area (Å²) in [6, 6.07) is 15.3. The number of carbonyl (C=O) groups is 2. The van der Waals surface area contributed by atoms with Crippen molar-refractivity contribution >= 4 is 33.9 Å². The summed E-state index contributed by atoms with van der Waals surface area (Å²) in [5.41, 5.74) is 9.12. The summed E-state index contributed by atoms with van der Waals surface area (Å²) < 4.78 is 0. The van der Waals surface area contributed by atoms with Crippen molar-refractivity contribution in [1.82, 2.24) is 4.98 Å². The number of primary amides is 1. The van der Waals surface area contributed by atoms with Gasteiger partial charge in [0.05, 0.1) is 5.92 Å². The Kier molecular flexibility index (Phi) is 5.50. The van der Waals surface area contributed by atoms with Crippen molar-refractivity contribution < 1.29 is 9.59 Å². The Labute approximate surface area is 179 Å². The predicted octanol–water partition coefficient (Wildman–Crippen LogP) is 4.93. The molecule has 1 fully saturated rings. The molecule has 0 radical (unpaired) electrons. The summed E-state index contributed by atoms with van der Waals surface area (Å²) in [7, 11) is 0.